The normalized spacial score (nSPS) is 10.7. The molecule has 0 saturated carbocycles. The lowest BCUT2D eigenvalue weighted by atomic mass is 10.1. The number of benzene rings is 2. The van der Waals surface area contributed by atoms with E-state index in [0.29, 0.717) is 27.3 Å². The van der Waals surface area contributed by atoms with Crippen LogP contribution in [0.5, 0.6) is 5.75 Å². The minimum Gasteiger partial charge on any atom is -0.490 e. The molecule has 2 heterocycles. The largest absolute Gasteiger partial charge is 0.490 e. The molecule has 4 rings (SSSR count). The van der Waals surface area contributed by atoms with Gasteiger partial charge in [-0.15, -0.1) is 0 Å². The van der Waals surface area contributed by atoms with Crippen molar-refractivity contribution >= 4 is 51.3 Å². The molecule has 11 heteroatoms. The summed E-state index contributed by atoms with van der Waals surface area (Å²) in [4.78, 5) is 20.3. The molecule has 0 bridgehead atoms. The molecule has 160 valence electrons. The highest BCUT2D eigenvalue weighted by molar-refractivity contribution is 7.99. The number of aromatic nitrogens is 3. The number of nitrogens with zero attached hydrogens (tertiary/aromatic N) is 5. The molecular formula is C21H15ClN6O3S. The van der Waals surface area contributed by atoms with Gasteiger partial charge in [-0.2, -0.15) is 5.26 Å². The number of hydrogen-bond acceptors (Lipinski definition) is 8. The second-order valence-corrected chi connectivity index (χ2v) is 8.07. The van der Waals surface area contributed by atoms with E-state index >= 15 is 0 Å². The zero-order valence-corrected chi connectivity index (χ0v) is 18.4. The predicted octanol–water partition coefficient (Wildman–Crippen LogP) is 5.30. The van der Waals surface area contributed by atoms with Gasteiger partial charge < -0.3 is 14.6 Å². The number of anilines is 2. The Kier molecular flexibility index (Phi) is 5.85. The van der Waals surface area contributed by atoms with Crippen molar-refractivity contribution in [3.63, 3.8) is 0 Å². The minimum atomic E-state index is -0.540. The van der Waals surface area contributed by atoms with Crippen LogP contribution in [-0.2, 0) is 7.05 Å². The lowest BCUT2D eigenvalue weighted by Gasteiger charge is -2.13. The topological polar surface area (TPSA) is 119 Å². The van der Waals surface area contributed by atoms with Crippen LogP contribution in [-0.4, -0.2) is 26.6 Å². The minimum absolute atomic E-state index is 0.0874. The first-order valence-corrected chi connectivity index (χ1v) is 10.4. The molecule has 0 radical (unpaired) electrons. The second-order valence-electron chi connectivity index (χ2n) is 6.65. The van der Waals surface area contributed by atoms with Crippen molar-refractivity contribution in [3.8, 4) is 11.8 Å². The number of nitrogens with one attached hydrogen (secondary N) is 1. The van der Waals surface area contributed by atoms with Gasteiger partial charge in [0, 0.05) is 53.7 Å². The first-order chi connectivity index (χ1) is 15.4. The maximum Gasteiger partial charge on any atom is 0.311 e. The number of halogens is 1. The number of pyridine rings is 1. The zero-order valence-electron chi connectivity index (χ0n) is 16.9. The van der Waals surface area contributed by atoms with E-state index in [4.69, 9.17) is 16.3 Å². The van der Waals surface area contributed by atoms with Crippen LogP contribution in [0.4, 0.5) is 17.1 Å². The van der Waals surface area contributed by atoms with E-state index in [1.165, 1.54) is 37.2 Å². The van der Waals surface area contributed by atoms with Gasteiger partial charge in [0.05, 0.1) is 33.8 Å². The summed E-state index contributed by atoms with van der Waals surface area (Å²) >= 11 is 7.90. The van der Waals surface area contributed by atoms with Crippen molar-refractivity contribution in [1.29, 1.82) is 5.26 Å². The average Bonchev–Trinajstić information content (AvgIpc) is 3.19. The maximum atomic E-state index is 11.5. The molecule has 1 N–H and O–H groups in total. The number of fused-ring (bicyclic) bond motifs is 1. The monoisotopic (exact) mass is 466 g/mol. The van der Waals surface area contributed by atoms with E-state index in [9.17, 15) is 15.4 Å². The van der Waals surface area contributed by atoms with Gasteiger partial charge in [-0.1, -0.05) is 23.4 Å². The molecule has 0 saturated heterocycles. The molecule has 0 amide bonds. The Labute approximate surface area is 191 Å². The third-order valence-electron chi connectivity index (χ3n) is 4.67. The molecule has 0 atom stereocenters. The van der Waals surface area contributed by atoms with Crippen molar-refractivity contribution in [2.24, 2.45) is 7.05 Å². The van der Waals surface area contributed by atoms with Crippen molar-refractivity contribution < 1.29 is 9.66 Å². The lowest BCUT2D eigenvalue weighted by molar-refractivity contribution is -0.385. The number of rotatable bonds is 6. The van der Waals surface area contributed by atoms with Crippen LogP contribution >= 0.6 is 23.4 Å². The van der Waals surface area contributed by atoms with E-state index in [0.717, 1.165) is 10.1 Å². The van der Waals surface area contributed by atoms with Crippen LogP contribution < -0.4 is 10.1 Å². The number of imidazole rings is 1. The van der Waals surface area contributed by atoms with Crippen molar-refractivity contribution in [3.05, 3.63) is 69.6 Å². The van der Waals surface area contributed by atoms with Crippen LogP contribution in [0.2, 0.25) is 5.02 Å². The summed E-state index contributed by atoms with van der Waals surface area (Å²) in [6.07, 6.45) is 4.96. The first kappa shape index (κ1) is 21.4. The smallest absolute Gasteiger partial charge is 0.311 e. The van der Waals surface area contributed by atoms with Gasteiger partial charge in [-0.3, -0.25) is 15.1 Å². The SMILES string of the molecule is COc1cc2ncc(C#N)c(Nc3ccc(Sc4nccn4C)c(Cl)c3)c2cc1[N+](=O)[O-]. The third kappa shape index (κ3) is 4.03. The Hall–Kier alpha value is -3.81. The fraction of sp³-hybridized carbons (Fsp3) is 0.0952. The average molecular weight is 467 g/mol. The van der Waals surface area contributed by atoms with Crippen molar-refractivity contribution in [2.45, 2.75) is 10.1 Å². The molecule has 0 unspecified atom stereocenters. The fourth-order valence-electron chi connectivity index (χ4n) is 3.09. The Balaban J connectivity index is 1.75. The molecule has 0 spiro atoms. The van der Waals surface area contributed by atoms with Gasteiger partial charge in [0.15, 0.2) is 10.9 Å². The Morgan fingerprint density at radius 3 is 2.75 bits per heavy atom. The Morgan fingerprint density at radius 1 is 1.31 bits per heavy atom. The summed E-state index contributed by atoms with van der Waals surface area (Å²) in [5.41, 5.74) is 1.46. The highest BCUT2D eigenvalue weighted by Crippen LogP contribution is 2.38. The van der Waals surface area contributed by atoms with E-state index in [2.05, 4.69) is 21.4 Å². The molecule has 2 aromatic heterocycles. The zero-order chi connectivity index (χ0) is 22.8. The number of nitriles is 1. The molecule has 0 aliphatic carbocycles. The molecule has 2 aromatic carbocycles. The second kappa shape index (κ2) is 8.74. The quantitative estimate of drug-likeness (QED) is 0.300. The van der Waals surface area contributed by atoms with E-state index < -0.39 is 4.92 Å². The van der Waals surface area contributed by atoms with Gasteiger partial charge in [0.25, 0.3) is 0 Å². The summed E-state index contributed by atoms with van der Waals surface area (Å²) in [6, 6.07) is 10.3. The first-order valence-electron chi connectivity index (χ1n) is 9.18. The van der Waals surface area contributed by atoms with Crippen LogP contribution in [0.25, 0.3) is 10.9 Å². The van der Waals surface area contributed by atoms with Crippen LogP contribution in [0.3, 0.4) is 0 Å². The number of nitro groups is 1. The number of hydrogen-bond donors (Lipinski definition) is 1. The Bertz CT molecular complexity index is 1400. The van der Waals surface area contributed by atoms with Crippen LogP contribution in [0.15, 0.2) is 59.0 Å². The van der Waals surface area contributed by atoms with Gasteiger partial charge in [0.1, 0.15) is 6.07 Å². The summed E-state index contributed by atoms with van der Waals surface area (Å²) < 4.78 is 7.00. The third-order valence-corrected chi connectivity index (χ3v) is 6.24. The number of ether oxygens (including phenoxy) is 1. The highest BCUT2D eigenvalue weighted by Gasteiger charge is 2.20. The van der Waals surface area contributed by atoms with Crippen LogP contribution in [0, 0.1) is 21.4 Å². The van der Waals surface area contributed by atoms with E-state index in [1.54, 1.807) is 12.3 Å². The lowest BCUT2D eigenvalue weighted by Crippen LogP contribution is -1.99. The maximum absolute atomic E-state index is 11.5. The number of aryl methyl sites for hydroxylation is 1. The summed E-state index contributed by atoms with van der Waals surface area (Å²) in [7, 11) is 3.24. The molecular weight excluding hydrogens is 452 g/mol. The van der Waals surface area contributed by atoms with Crippen molar-refractivity contribution in [1.82, 2.24) is 14.5 Å². The number of methoxy groups -OCH3 is 1. The molecule has 9 nitrogen and oxygen atoms in total. The summed E-state index contributed by atoms with van der Waals surface area (Å²) in [5, 5.41) is 25.9. The number of nitro benzene ring substituents is 1. The standard InChI is InChI=1S/C21H15ClN6O3S/c1-27-6-5-24-21(27)32-19-4-3-13(7-15(19)22)26-20-12(10-23)11-25-16-9-18(31-2)17(28(29)30)8-14(16)20/h3-9,11H,1-2H3,(H,25,26). The summed E-state index contributed by atoms with van der Waals surface area (Å²) in [5.74, 6) is 0.0874. The van der Waals surface area contributed by atoms with Gasteiger partial charge in [0.2, 0.25) is 0 Å². The molecule has 0 fully saturated rings. The van der Waals surface area contributed by atoms with Crippen LogP contribution in [0.1, 0.15) is 5.56 Å². The van der Waals surface area contributed by atoms with Gasteiger partial charge in [-0.05, 0) is 18.2 Å². The molecule has 0 aliphatic rings. The predicted molar refractivity (Wildman–Crippen MR) is 122 cm³/mol. The van der Waals surface area contributed by atoms with E-state index in [-0.39, 0.29) is 17.0 Å². The van der Waals surface area contributed by atoms with E-state index in [1.807, 2.05) is 29.9 Å². The summed E-state index contributed by atoms with van der Waals surface area (Å²) in [6.45, 7) is 0. The Morgan fingerprint density at radius 2 is 2.12 bits per heavy atom. The fourth-order valence-corrected chi connectivity index (χ4v) is 4.19. The van der Waals surface area contributed by atoms with Gasteiger partial charge in [-0.25, -0.2) is 4.98 Å². The van der Waals surface area contributed by atoms with Crippen molar-refractivity contribution in [2.75, 3.05) is 12.4 Å². The highest BCUT2D eigenvalue weighted by atomic mass is 35.5. The molecule has 4 aromatic rings. The molecule has 0 aliphatic heterocycles. The van der Waals surface area contributed by atoms with Gasteiger partial charge >= 0.3 is 5.69 Å². The molecule has 32 heavy (non-hydrogen) atoms.